The highest BCUT2D eigenvalue weighted by Crippen LogP contribution is 2.40. The Labute approximate surface area is 193 Å². The molecule has 32 heavy (non-hydrogen) atoms. The predicted molar refractivity (Wildman–Crippen MR) is 125 cm³/mol. The molecule has 5 heteroatoms. The molecule has 0 amide bonds. The van der Waals surface area contributed by atoms with Crippen molar-refractivity contribution in [2.75, 3.05) is 26.2 Å². The lowest BCUT2D eigenvalue weighted by atomic mass is 9.77. The van der Waals surface area contributed by atoms with E-state index < -0.39 is 6.10 Å². The normalized spacial score (nSPS) is 24.4. The van der Waals surface area contributed by atoms with E-state index in [1.807, 2.05) is 78.2 Å². The number of hydrogen-bond donors (Lipinski definition) is 0. The summed E-state index contributed by atoms with van der Waals surface area (Å²) in [5, 5.41) is 1.95. The Morgan fingerprint density at radius 3 is 2.09 bits per heavy atom. The van der Waals surface area contributed by atoms with Gasteiger partial charge in [0.05, 0.1) is 24.5 Å². The van der Waals surface area contributed by atoms with Crippen molar-refractivity contribution in [1.82, 2.24) is 0 Å². The molecule has 0 N–H and O–H groups in total. The van der Waals surface area contributed by atoms with Crippen LogP contribution in [0.4, 0.5) is 0 Å². The van der Waals surface area contributed by atoms with Gasteiger partial charge in [0.25, 0.3) is 0 Å². The molecule has 1 atom stereocenters. The van der Waals surface area contributed by atoms with Gasteiger partial charge in [-0.1, -0.05) is 66.7 Å². The molecule has 1 unspecified atom stereocenters. The summed E-state index contributed by atoms with van der Waals surface area (Å²) < 4.78 is 6.92. The molecule has 3 fully saturated rings. The van der Waals surface area contributed by atoms with Crippen LogP contribution in [0.3, 0.4) is 0 Å². The molecule has 3 aliphatic heterocycles. The first-order chi connectivity index (χ1) is 15.6. The van der Waals surface area contributed by atoms with E-state index in [0.717, 1.165) is 41.9 Å². The van der Waals surface area contributed by atoms with Crippen LogP contribution in [0.15, 0.2) is 78.2 Å². The molecule has 3 saturated heterocycles. The van der Waals surface area contributed by atoms with Crippen LogP contribution in [-0.4, -0.2) is 42.4 Å². The van der Waals surface area contributed by atoms with Gasteiger partial charge in [0.15, 0.2) is 6.10 Å². The van der Waals surface area contributed by atoms with Gasteiger partial charge in [0.2, 0.25) is 5.78 Å². The second-order valence-corrected chi connectivity index (χ2v) is 10.1. The highest BCUT2D eigenvalue weighted by molar-refractivity contribution is 7.12. The summed E-state index contributed by atoms with van der Waals surface area (Å²) in [5.41, 5.74) is 1.95. The second kappa shape index (κ2) is 9.00. The number of carbonyl (C=O) groups is 2. The fraction of sp³-hybridized carbons (Fsp3) is 0.333. The minimum Gasteiger partial charge on any atom is -0.452 e. The van der Waals surface area contributed by atoms with Gasteiger partial charge in [-0.3, -0.25) is 9.59 Å². The van der Waals surface area contributed by atoms with E-state index in [1.165, 1.54) is 11.3 Å². The summed E-state index contributed by atoms with van der Waals surface area (Å²) in [5.74, 6) is 0.271. The first-order valence-corrected chi connectivity index (χ1v) is 12.2. The maximum absolute atomic E-state index is 13.5. The average molecular weight is 447 g/mol. The number of hydrogen-bond acceptors (Lipinski definition) is 4. The van der Waals surface area contributed by atoms with Gasteiger partial charge in [0, 0.05) is 12.8 Å². The van der Waals surface area contributed by atoms with E-state index in [-0.39, 0.29) is 17.7 Å². The van der Waals surface area contributed by atoms with Crippen LogP contribution in [0.1, 0.15) is 39.7 Å². The van der Waals surface area contributed by atoms with Crippen molar-refractivity contribution in [2.24, 2.45) is 11.8 Å². The summed E-state index contributed by atoms with van der Waals surface area (Å²) >= 11 is 1.50. The minimum atomic E-state index is -0.415. The second-order valence-electron chi connectivity index (χ2n) is 9.11. The third-order valence-electron chi connectivity index (χ3n) is 7.12. The number of nitrogens with zero attached hydrogens (tertiary/aromatic N) is 1. The number of quaternary nitrogens is 1. The van der Waals surface area contributed by atoms with Gasteiger partial charge in [-0.25, -0.2) is 0 Å². The van der Waals surface area contributed by atoms with Crippen molar-refractivity contribution in [3.63, 3.8) is 0 Å². The number of piperidine rings is 3. The Morgan fingerprint density at radius 1 is 0.906 bits per heavy atom. The number of rotatable bonds is 7. The average Bonchev–Trinajstić information content (AvgIpc) is 3.39. The van der Waals surface area contributed by atoms with Crippen LogP contribution in [0.2, 0.25) is 0 Å². The Kier molecular flexibility index (Phi) is 5.94. The molecule has 4 nitrogen and oxygen atoms in total. The molecule has 2 bridgehead atoms. The number of fused-ring (bicyclic) bond motifs is 3. The Hall–Kier alpha value is -2.76. The molecule has 0 aliphatic carbocycles. The van der Waals surface area contributed by atoms with Crippen molar-refractivity contribution in [2.45, 2.75) is 18.9 Å². The molecular weight excluding hydrogens is 418 g/mol. The van der Waals surface area contributed by atoms with E-state index in [0.29, 0.717) is 23.5 Å². The summed E-state index contributed by atoms with van der Waals surface area (Å²) in [6.45, 7) is 3.15. The number of ketones is 1. The number of carbonyl (C=O) groups excluding carboxylic acids is 2. The van der Waals surface area contributed by atoms with Crippen molar-refractivity contribution >= 4 is 23.1 Å². The summed E-state index contributed by atoms with van der Waals surface area (Å²) in [4.78, 5) is 27.2. The zero-order valence-electron chi connectivity index (χ0n) is 18.1. The standard InChI is InChI=1S/C27H28NO3S/c29-24(25-12-7-17-32-25)19-28-15-13-20(14-16-28)23(18-28)27(30)31-26(21-8-3-1-4-9-21)22-10-5-2-6-11-22/h1-12,17,20,23,26H,13-16,18-19H2/q+1. The summed E-state index contributed by atoms with van der Waals surface area (Å²) in [6.07, 6.45) is 1.55. The smallest absolute Gasteiger partial charge is 0.315 e. The molecule has 6 rings (SSSR count). The first-order valence-electron chi connectivity index (χ1n) is 11.4. The van der Waals surface area contributed by atoms with E-state index >= 15 is 0 Å². The zero-order chi connectivity index (χ0) is 22.0. The van der Waals surface area contributed by atoms with Crippen LogP contribution in [0.5, 0.6) is 0 Å². The van der Waals surface area contributed by atoms with E-state index in [1.54, 1.807) is 0 Å². The molecule has 2 aromatic carbocycles. The van der Waals surface area contributed by atoms with Crippen LogP contribution in [0, 0.1) is 11.8 Å². The maximum atomic E-state index is 13.5. The van der Waals surface area contributed by atoms with Crippen molar-refractivity contribution in [3.05, 3.63) is 94.2 Å². The number of esters is 1. The number of benzene rings is 2. The fourth-order valence-electron chi connectivity index (χ4n) is 5.38. The van der Waals surface area contributed by atoms with Gasteiger partial charge in [-0.15, -0.1) is 11.3 Å². The lowest BCUT2D eigenvalue weighted by Crippen LogP contribution is -2.64. The Bertz CT molecular complexity index is 1020. The van der Waals surface area contributed by atoms with Crippen LogP contribution >= 0.6 is 11.3 Å². The highest BCUT2D eigenvalue weighted by Gasteiger charge is 2.50. The third kappa shape index (κ3) is 4.27. The molecule has 0 saturated carbocycles. The molecule has 0 spiro atoms. The van der Waals surface area contributed by atoms with Gasteiger partial charge in [-0.2, -0.15) is 0 Å². The lowest BCUT2D eigenvalue weighted by molar-refractivity contribution is -0.938. The quantitative estimate of drug-likeness (QED) is 0.287. The van der Waals surface area contributed by atoms with Gasteiger partial charge < -0.3 is 9.22 Å². The number of Topliss-reactive ketones (excluding diaryl/α,β-unsaturated/α-hetero) is 1. The third-order valence-corrected chi connectivity index (χ3v) is 8.03. The molecule has 4 heterocycles. The highest BCUT2D eigenvalue weighted by atomic mass is 32.1. The van der Waals surface area contributed by atoms with Crippen LogP contribution < -0.4 is 0 Å². The minimum absolute atomic E-state index is 0.127. The van der Waals surface area contributed by atoms with E-state index in [9.17, 15) is 9.59 Å². The SMILES string of the molecule is O=C(C[N+]12CCC(CC1)C(C(=O)OC(c1ccccc1)c1ccccc1)C2)c1cccs1. The monoisotopic (exact) mass is 446 g/mol. The topological polar surface area (TPSA) is 43.4 Å². The zero-order valence-corrected chi connectivity index (χ0v) is 18.9. The van der Waals surface area contributed by atoms with Crippen LogP contribution in [-0.2, 0) is 9.53 Å². The van der Waals surface area contributed by atoms with Crippen molar-refractivity contribution < 1.29 is 18.8 Å². The van der Waals surface area contributed by atoms with Crippen molar-refractivity contribution in [1.29, 1.82) is 0 Å². The Balaban J connectivity index is 1.35. The van der Waals surface area contributed by atoms with Crippen LogP contribution in [0.25, 0.3) is 0 Å². The van der Waals surface area contributed by atoms with Gasteiger partial charge in [0.1, 0.15) is 12.5 Å². The molecule has 0 radical (unpaired) electrons. The first kappa shape index (κ1) is 21.1. The summed E-state index contributed by atoms with van der Waals surface area (Å²) in [6, 6.07) is 23.7. The molecule has 3 aromatic rings. The van der Waals surface area contributed by atoms with Crippen molar-refractivity contribution in [3.8, 4) is 0 Å². The lowest BCUT2D eigenvalue weighted by Gasteiger charge is -2.51. The molecule has 3 aliphatic rings. The van der Waals surface area contributed by atoms with Gasteiger partial charge in [-0.05, 0) is 28.5 Å². The van der Waals surface area contributed by atoms with Gasteiger partial charge >= 0.3 is 5.97 Å². The molecular formula is C27H28NO3S+. The van der Waals surface area contributed by atoms with E-state index in [4.69, 9.17) is 4.74 Å². The fourth-order valence-corrected chi connectivity index (χ4v) is 6.04. The largest absolute Gasteiger partial charge is 0.452 e. The maximum Gasteiger partial charge on any atom is 0.315 e. The Morgan fingerprint density at radius 2 is 1.53 bits per heavy atom. The number of thiophene rings is 1. The van der Waals surface area contributed by atoms with E-state index in [2.05, 4.69) is 0 Å². The predicted octanol–water partition coefficient (Wildman–Crippen LogP) is 5.12. The molecule has 1 aromatic heterocycles. The summed E-state index contributed by atoms with van der Waals surface area (Å²) in [7, 11) is 0. The molecule has 164 valence electrons. The number of ether oxygens (including phenoxy) is 1.